The number of rotatable bonds is 9. The van der Waals surface area contributed by atoms with Crippen LogP contribution in [0.25, 0.3) is 5.52 Å². The Hall–Kier alpha value is -3.47. The van der Waals surface area contributed by atoms with Gasteiger partial charge in [0.25, 0.3) is 0 Å². The number of aromatic amines is 1. The number of ether oxygens (including phenoxy) is 1. The van der Waals surface area contributed by atoms with Gasteiger partial charge in [0.15, 0.2) is 17.4 Å². The molecule has 1 unspecified atom stereocenters. The molecule has 196 valence electrons. The van der Waals surface area contributed by atoms with Crippen LogP contribution in [0.15, 0.2) is 24.4 Å². The van der Waals surface area contributed by atoms with Gasteiger partial charge in [0.1, 0.15) is 12.1 Å². The molecule has 11 nitrogen and oxygen atoms in total. The van der Waals surface area contributed by atoms with Crippen LogP contribution in [0.1, 0.15) is 56.6 Å². The topological polar surface area (TPSA) is 121 Å². The number of carbonyl (C=O) groups is 2. The van der Waals surface area contributed by atoms with E-state index in [9.17, 15) is 9.59 Å². The fourth-order valence-electron chi connectivity index (χ4n) is 5.70. The molecule has 2 saturated heterocycles. The van der Waals surface area contributed by atoms with E-state index in [1.807, 2.05) is 34.2 Å². The Morgan fingerprint density at radius 3 is 2.89 bits per heavy atom. The summed E-state index contributed by atoms with van der Waals surface area (Å²) in [5, 5.41) is 15.7. The van der Waals surface area contributed by atoms with Crippen molar-refractivity contribution in [1.29, 1.82) is 0 Å². The Morgan fingerprint density at radius 1 is 1.19 bits per heavy atom. The number of nitrogens with zero attached hydrogens (tertiary/aromatic N) is 6. The van der Waals surface area contributed by atoms with Gasteiger partial charge in [-0.1, -0.05) is 0 Å². The summed E-state index contributed by atoms with van der Waals surface area (Å²) in [6.07, 6.45) is 8.35. The van der Waals surface area contributed by atoms with Crippen LogP contribution in [0.5, 0.6) is 0 Å². The maximum Gasteiger partial charge on any atom is 0.248 e. The van der Waals surface area contributed by atoms with Gasteiger partial charge in [-0.15, -0.1) is 5.10 Å². The number of amides is 1. The average molecular weight is 507 g/mol. The number of carbonyl (C=O) groups excluding carboxylic acids is 2. The van der Waals surface area contributed by atoms with Crippen LogP contribution in [-0.2, 0) is 14.3 Å². The van der Waals surface area contributed by atoms with E-state index in [1.165, 1.54) is 20.0 Å². The average Bonchev–Trinajstić information content (AvgIpc) is 3.26. The standard InChI is InChI=1S/C26H34N8O3/c1-37-16-24(36)32-10-2-5-17(15-32)13-22(35)20-6-3-11-33(20)26-28-25(21-7-4-12-34(21)31-26)27-23-14-19(29-30-23)18-8-9-18/h4,7,12,14,17-18,20H,2-3,5-6,8-11,13,15-16H2,1H3,(H2,27,28,29,30,31)/t17?,20-/m0/s1. The highest BCUT2D eigenvalue weighted by Gasteiger charge is 2.35. The SMILES string of the molecule is COCC(=O)N1CCCC(CC(=O)[C@@H]2CCCN2c2nc(Nc3cc(C4CC4)[nH]n3)c3cccn3n2)C1. The number of hydrogen-bond donors (Lipinski definition) is 2. The number of nitrogens with one attached hydrogen (secondary N) is 2. The first-order valence-corrected chi connectivity index (χ1v) is 13.3. The number of anilines is 3. The van der Waals surface area contributed by atoms with Crippen molar-refractivity contribution >= 4 is 34.8 Å². The molecule has 2 N–H and O–H groups in total. The van der Waals surface area contributed by atoms with Gasteiger partial charge in [-0.2, -0.15) is 10.1 Å². The van der Waals surface area contributed by atoms with Crippen LogP contribution in [0.2, 0.25) is 0 Å². The second kappa shape index (κ2) is 10.1. The number of Topliss-reactive ketones (excluding diaryl/α,β-unsaturated/α-hetero) is 1. The van der Waals surface area contributed by atoms with Crippen LogP contribution in [0.4, 0.5) is 17.6 Å². The van der Waals surface area contributed by atoms with Crippen molar-refractivity contribution in [2.75, 3.05) is 43.6 Å². The summed E-state index contributed by atoms with van der Waals surface area (Å²) in [7, 11) is 1.53. The third kappa shape index (κ3) is 5.04. The minimum absolute atomic E-state index is 0.00300. The van der Waals surface area contributed by atoms with E-state index in [-0.39, 0.29) is 30.3 Å². The van der Waals surface area contributed by atoms with E-state index in [2.05, 4.69) is 15.5 Å². The molecule has 0 spiro atoms. The van der Waals surface area contributed by atoms with E-state index >= 15 is 0 Å². The van der Waals surface area contributed by atoms with Crippen molar-refractivity contribution in [3.8, 4) is 0 Å². The molecular weight excluding hydrogens is 472 g/mol. The van der Waals surface area contributed by atoms with E-state index < -0.39 is 0 Å². The Kier molecular flexibility index (Phi) is 6.54. The fraction of sp³-hybridized carbons (Fsp3) is 0.577. The van der Waals surface area contributed by atoms with E-state index in [4.69, 9.17) is 14.8 Å². The van der Waals surface area contributed by atoms with E-state index in [0.29, 0.717) is 30.6 Å². The lowest BCUT2D eigenvalue weighted by atomic mass is 9.90. The van der Waals surface area contributed by atoms with Gasteiger partial charge in [0, 0.05) is 57.0 Å². The monoisotopic (exact) mass is 506 g/mol. The van der Waals surface area contributed by atoms with Gasteiger partial charge in [0.05, 0.1) is 6.04 Å². The van der Waals surface area contributed by atoms with Gasteiger partial charge >= 0.3 is 0 Å². The molecule has 6 rings (SSSR count). The molecule has 1 saturated carbocycles. The summed E-state index contributed by atoms with van der Waals surface area (Å²) in [4.78, 5) is 34.5. The van der Waals surface area contributed by atoms with Crippen LogP contribution in [0, 0.1) is 5.92 Å². The zero-order valence-electron chi connectivity index (χ0n) is 21.2. The number of H-pyrrole nitrogens is 1. The Balaban J connectivity index is 1.18. The predicted octanol–water partition coefficient (Wildman–Crippen LogP) is 2.89. The number of hydrogen-bond acceptors (Lipinski definition) is 8. The number of fused-ring (bicyclic) bond motifs is 1. The van der Waals surface area contributed by atoms with Gasteiger partial charge in [-0.25, -0.2) is 4.52 Å². The highest BCUT2D eigenvalue weighted by Crippen LogP contribution is 2.40. The van der Waals surface area contributed by atoms with Crippen LogP contribution in [0.3, 0.4) is 0 Å². The van der Waals surface area contributed by atoms with Crippen LogP contribution < -0.4 is 10.2 Å². The second-order valence-corrected chi connectivity index (χ2v) is 10.5. The van der Waals surface area contributed by atoms with Crippen LogP contribution in [-0.4, -0.2) is 80.8 Å². The summed E-state index contributed by atoms with van der Waals surface area (Å²) in [6.45, 7) is 2.18. The molecule has 3 aromatic rings. The fourth-order valence-corrected chi connectivity index (χ4v) is 5.70. The van der Waals surface area contributed by atoms with Crippen LogP contribution >= 0.6 is 0 Å². The van der Waals surface area contributed by atoms with E-state index in [1.54, 1.807) is 4.52 Å². The van der Waals surface area contributed by atoms with Crippen molar-refractivity contribution in [1.82, 2.24) is 29.7 Å². The molecule has 0 radical (unpaired) electrons. The predicted molar refractivity (Wildman–Crippen MR) is 138 cm³/mol. The molecule has 2 atom stereocenters. The molecule has 1 aliphatic carbocycles. The highest BCUT2D eigenvalue weighted by molar-refractivity contribution is 5.88. The summed E-state index contributed by atoms with van der Waals surface area (Å²) < 4.78 is 6.82. The number of piperidine rings is 1. The minimum atomic E-state index is -0.252. The molecule has 11 heteroatoms. The number of ketones is 1. The quantitative estimate of drug-likeness (QED) is 0.455. The Morgan fingerprint density at radius 2 is 2.05 bits per heavy atom. The molecule has 3 aliphatic rings. The lowest BCUT2D eigenvalue weighted by Crippen LogP contribution is -2.44. The second-order valence-electron chi connectivity index (χ2n) is 10.5. The van der Waals surface area contributed by atoms with Crippen molar-refractivity contribution in [2.24, 2.45) is 5.92 Å². The number of aromatic nitrogens is 5. The largest absolute Gasteiger partial charge is 0.375 e. The number of methoxy groups -OCH3 is 1. The summed E-state index contributed by atoms with van der Waals surface area (Å²) in [6, 6.07) is 5.70. The van der Waals surface area contributed by atoms with Gasteiger partial charge in [-0.05, 0) is 56.6 Å². The molecule has 1 amide bonds. The Bertz CT molecular complexity index is 1280. The number of likely N-dealkylation sites (tertiary alicyclic amines) is 1. The Labute approximate surface area is 215 Å². The molecule has 0 aromatic carbocycles. The zero-order valence-corrected chi connectivity index (χ0v) is 21.2. The van der Waals surface area contributed by atoms with Crippen molar-refractivity contribution in [3.05, 3.63) is 30.1 Å². The maximum atomic E-state index is 13.5. The maximum absolute atomic E-state index is 13.5. The first kappa shape index (κ1) is 23.9. The highest BCUT2D eigenvalue weighted by atomic mass is 16.5. The molecule has 3 fully saturated rings. The molecule has 3 aromatic heterocycles. The third-order valence-corrected chi connectivity index (χ3v) is 7.75. The lowest BCUT2D eigenvalue weighted by Gasteiger charge is -2.33. The minimum Gasteiger partial charge on any atom is -0.375 e. The third-order valence-electron chi connectivity index (χ3n) is 7.75. The van der Waals surface area contributed by atoms with Crippen molar-refractivity contribution in [3.63, 3.8) is 0 Å². The van der Waals surface area contributed by atoms with Crippen molar-refractivity contribution in [2.45, 2.75) is 56.9 Å². The summed E-state index contributed by atoms with van der Waals surface area (Å²) >= 11 is 0. The molecular formula is C26H34N8O3. The van der Waals surface area contributed by atoms with Gasteiger partial charge < -0.3 is 19.9 Å². The smallest absolute Gasteiger partial charge is 0.248 e. The molecule has 5 heterocycles. The first-order chi connectivity index (χ1) is 18.1. The zero-order chi connectivity index (χ0) is 25.4. The summed E-state index contributed by atoms with van der Waals surface area (Å²) in [5.41, 5.74) is 2.00. The molecule has 0 bridgehead atoms. The summed E-state index contributed by atoms with van der Waals surface area (Å²) in [5.74, 6) is 2.90. The van der Waals surface area contributed by atoms with E-state index in [0.717, 1.165) is 55.8 Å². The van der Waals surface area contributed by atoms with Crippen molar-refractivity contribution < 1.29 is 14.3 Å². The van der Waals surface area contributed by atoms with Gasteiger partial charge in [0.2, 0.25) is 11.9 Å². The normalized spacial score (nSPS) is 22.1. The first-order valence-electron chi connectivity index (χ1n) is 13.3. The van der Waals surface area contributed by atoms with Gasteiger partial charge in [-0.3, -0.25) is 14.7 Å². The lowest BCUT2D eigenvalue weighted by molar-refractivity contribution is -0.137. The molecule has 37 heavy (non-hydrogen) atoms. The molecule has 2 aliphatic heterocycles.